The maximum Gasteiger partial charge on any atom is 0.0441 e. The third-order valence-corrected chi connectivity index (χ3v) is 3.28. The molecule has 82 valence electrons. The number of aryl methyl sites for hydroxylation is 1. The van der Waals surface area contributed by atoms with Gasteiger partial charge in [-0.25, -0.2) is 0 Å². The average Bonchev–Trinajstić information content (AvgIpc) is 2.28. The highest BCUT2D eigenvalue weighted by Crippen LogP contribution is 2.21. The summed E-state index contributed by atoms with van der Waals surface area (Å²) < 4.78 is 0. The van der Waals surface area contributed by atoms with E-state index in [2.05, 4.69) is 24.0 Å². The Bertz CT molecular complexity index is 506. The maximum absolute atomic E-state index is 6.15. The molecule has 0 fully saturated rings. The minimum Gasteiger partial charge on any atom is -0.261 e. The molecule has 0 radical (unpaired) electrons. The molecule has 0 spiro atoms. The van der Waals surface area contributed by atoms with Crippen LogP contribution in [0.2, 0.25) is 5.02 Å². The van der Waals surface area contributed by atoms with E-state index in [0.717, 1.165) is 22.7 Å². The predicted octanol–water partition coefficient (Wildman–Crippen LogP) is 3.94. The molecule has 0 amide bonds. The van der Waals surface area contributed by atoms with Gasteiger partial charge in [0.15, 0.2) is 0 Å². The fourth-order valence-electron chi connectivity index (χ4n) is 1.73. The van der Waals surface area contributed by atoms with E-state index in [9.17, 15) is 0 Å². The standard InChI is InChI=1S/C14H14ClN/c1-10-11(2)16-8-7-12(10)9-13-5-3-4-6-14(13)15/h3-8H,9H2,1-2H3. The molecule has 0 aliphatic carbocycles. The summed E-state index contributed by atoms with van der Waals surface area (Å²) in [5, 5.41) is 0.830. The van der Waals surface area contributed by atoms with Crippen molar-refractivity contribution in [1.29, 1.82) is 0 Å². The highest BCUT2D eigenvalue weighted by molar-refractivity contribution is 6.31. The number of benzene rings is 1. The number of aromatic nitrogens is 1. The summed E-state index contributed by atoms with van der Waals surface area (Å²) in [6.07, 6.45) is 2.73. The minimum absolute atomic E-state index is 0.830. The summed E-state index contributed by atoms with van der Waals surface area (Å²) in [5.41, 5.74) is 4.80. The van der Waals surface area contributed by atoms with Crippen LogP contribution in [0.5, 0.6) is 0 Å². The van der Waals surface area contributed by atoms with Crippen molar-refractivity contribution in [3.63, 3.8) is 0 Å². The Morgan fingerprint density at radius 1 is 1.06 bits per heavy atom. The largest absolute Gasteiger partial charge is 0.261 e. The van der Waals surface area contributed by atoms with Crippen molar-refractivity contribution in [2.24, 2.45) is 0 Å². The van der Waals surface area contributed by atoms with Crippen LogP contribution in [0.4, 0.5) is 0 Å². The van der Waals surface area contributed by atoms with Crippen molar-refractivity contribution in [3.05, 3.63) is 63.9 Å². The number of nitrogens with zero attached hydrogens (tertiary/aromatic N) is 1. The second kappa shape index (κ2) is 4.67. The van der Waals surface area contributed by atoms with E-state index in [1.807, 2.05) is 31.3 Å². The van der Waals surface area contributed by atoms with E-state index in [-0.39, 0.29) is 0 Å². The number of hydrogen-bond acceptors (Lipinski definition) is 1. The summed E-state index contributed by atoms with van der Waals surface area (Å²) in [6, 6.07) is 10.0. The summed E-state index contributed by atoms with van der Waals surface area (Å²) in [5.74, 6) is 0. The van der Waals surface area contributed by atoms with E-state index in [0.29, 0.717) is 0 Å². The summed E-state index contributed by atoms with van der Waals surface area (Å²) in [4.78, 5) is 4.27. The first-order chi connectivity index (χ1) is 7.68. The molecule has 16 heavy (non-hydrogen) atoms. The Balaban J connectivity index is 2.35. The zero-order valence-corrected chi connectivity index (χ0v) is 10.3. The molecule has 0 atom stereocenters. The molecule has 0 aliphatic rings. The molecule has 1 nitrogen and oxygen atoms in total. The predicted molar refractivity (Wildman–Crippen MR) is 68.0 cm³/mol. The third-order valence-electron chi connectivity index (χ3n) is 2.91. The van der Waals surface area contributed by atoms with Gasteiger partial charge >= 0.3 is 0 Å². The zero-order valence-electron chi connectivity index (χ0n) is 9.50. The van der Waals surface area contributed by atoms with Crippen molar-refractivity contribution in [3.8, 4) is 0 Å². The van der Waals surface area contributed by atoms with Crippen LogP contribution in [-0.2, 0) is 6.42 Å². The Labute approximate surface area is 101 Å². The molecule has 2 rings (SSSR count). The van der Waals surface area contributed by atoms with Crippen LogP contribution in [0.3, 0.4) is 0 Å². The fourth-order valence-corrected chi connectivity index (χ4v) is 1.93. The lowest BCUT2D eigenvalue weighted by Gasteiger charge is -2.08. The van der Waals surface area contributed by atoms with Gasteiger partial charge in [-0.15, -0.1) is 0 Å². The SMILES string of the molecule is Cc1nccc(Cc2ccccc2Cl)c1C. The second-order valence-electron chi connectivity index (χ2n) is 3.95. The molecule has 1 heterocycles. The van der Waals surface area contributed by atoms with Gasteiger partial charge in [0.25, 0.3) is 0 Å². The quantitative estimate of drug-likeness (QED) is 0.763. The molecule has 2 aromatic rings. The van der Waals surface area contributed by atoms with Crippen molar-refractivity contribution >= 4 is 11.6 Å². The van der Waals surface area contributed by atoms with Gasteiger partial charge in [-0.3, -0.25) is 4.98 Å². The lowest BCUT2D eigenvalue weighted by atomic mass is 10.0. The fraction of sp³-hybridized carbons (Fsp3) is 0.214. The average molecular weight is 232 g/mol. The molecule has 0 saturated carbocycles. The first-order valence-corrected chi connectivity index (χ1v) is 5.71. The third kappa shape index (κ3) is 2.25. The van der Waals surface area contributed by atoms with Gasteiger partial charge in [-0.2, -0.15) is 0 Å². The zero-order chi connectivity index (χ0) is 11.5. The van der Waals surface area contributed by atoms with Gasteiger partial charge in [0.2, 0.25) is 0 Å². The second-order valence-corrected chi connectivity index (χ2v) is 4.36. The van der Waals surface area contributed by atoms with Crippen LogP contribution < -0.4 is 0 Å². The van der Waals surface area contributed by atoms with E-state index in [4.69, 9.17) is 11.6 Å². The van der Waals surface area contributed by atoms with E-state index in [1.165, 1.54) is 11.1 Å². The Hall–Kier alpha value is -1.34. The van der Waals surface area contributed by atoms with Gasteiger partial charge in [0.05, 0.1) is 0 Å². The maximum atomic E-state index is 6.15. The normalized spacial score (nSPS) is 10.4. The number of rotatable bonds is 2. The van der Waals surface area contributed by atoms with Gasteiger partial charge in [0, 0.05) is 16.9 Å². The molecule has 0 saturated heterocycles. The van der Waals surface area contributed by atoms with Crippen LogP contribution >= 0.6 is 11.6 Å². The van der Waals surface area contributed by atoms with E-state index >= 15 is 0 Å². The topological polar surface area (TPSA) is 12.9 Å². The van der Waals surface area contributed by atoms with Gasteiger partial charge in [-0.1, -0.05) is 29.8 Å². The van der Waals surface area contributed by atoms with Crippen molar-refractivity contribution in [2.75, 3.05) is 0 Å². The number of halogens is 1. The summed E-state index contributed by atoms with van der Waals surface area (Å²) >= 11 is 6.15. The van der Waals surface area contributed by atoms with Crippen LogP contribution in [0.1, 0.15) is 22.4 Å². The molecule has 2 heteroatoms. The smallest absolute Gasteiger partial charge is 0.0441 e. The first-order valence-electron chi connectivity index (χ1n) is 5.33. The molecule has 1 aromatic heterocycles. The van der Waals surface area contributed by atoms with Gasteiger partial charge < -0.3 is 0 Å². The lowest BCUT2D eigenvalue weighted by Crippen LogP contribution is -1.96. The Kier molecular flexibility index (Phi) is 3.25. The first kappa shape index (κ1) is 11.2. The lowest BCUT2D eigenvalue weighted by molar-refractivity contribution is 1.07. The Morgan fingerprint density at radius 2 is 1.81 bits per heavy atom. The van der Waals surface area contributed by atoms with E-state index < -0.39 is 0 Å². The van der Waals surface area contributed by atoms with Crippen LogP contribution in [0, 0.1) is 13.8 Å². The summed E-state index contributed by atoms with van der Waals surface area (Å²) in [6.45, 7) is 4.14. The van der Waals surface area contributed by atoms with Crippen molar-refractivity contribution in [1.82, 2.24) is 4.98 Å². The van der Waals surface area contributed by atoms with Crippen LogP contribution in [0.15, 0.2) is 36.5 Å². The molecular weight excluding hydrogens is 218 g/mol. The highest BCUT2D eigenvalue weighted by atomic mass is 35.5. The Morgan fingerprint density at radius 3 is 2.56 bits per heavy atom. The van der Waals surface area contributed by atoms with Gasteiger partial charge in [0.1, 0.15) is 0 Å². The van der Waals surface area contributed by atoms with Gasteiger partial charge in [-0.05, 0) is 49.1 Å². The monoisotopic (exact) mass is 231 g/mol. The van der Waals surface area contributed by atoms with Crippen LogP contribution in [0.25, 0.3) is 0 Å². The number of pyridine rings is 1. The van der Waals surface area contributed by atoms with E-state index in [1.54, 1.807) is 0 Å². The molecule has 0 unspecified atom stereocenters. The van der Waals surface area contributed by atoms with Crippen LogP contribution in [-0.4, -0.2) is 4.98 Å². The van der Waals surface area contributed by atoms with Crippen molar-refractivity contribution < 1.29 is 0 Å². The molecule has 0 aliphatic heterocycles. The highest BCUT2D eigenvalue weighted by Gasteiger charge is 2.05. The van der Waals surface area contributed by atoms with Crippen molar-refractivity contribution in [2.45, 2.75) is 20.3 Å². The minimum atomic E-state index is 0.830. The molecule has 1 aromatic carbocycles. The molecular formula is C14H14ClN. The summed E-state index contributed by atoms with van der Waals surface area (Å²) in [7, 11) is 0. The number of hydrogen-bond donors (Lipinski definition) is 0. The molecule has 0 N–H and O–H groups in total. The molecule has 0 bridgehead atoms.